The lowest BCUT2D eigenvalue weighted by molar-refractivity contribution is 0.0519. The van der Waals surface area contributed by atoms with E-state index in [0.29, 0.717) is 18.9 Å². The number of unbranched alkanes of at least 4 members (excludes halogenated alkanes) is 1. The number of esters is 1. The van der Waals surface area contributed by atoms with E-state index in [2.05, 4.69) is 34.5 Å². The van der Waals surface area contributed by atoms with Gasteiger partial charge in [0.1, 0.15) is 11.4 Å². The Balaban J connectivity index is 2.28. The van der Waals surface area contributed by atoms with E-state index in [-0.39, 0.29) is 5.97 Å². The summed E-state index contributed by atoms with van der Waals surface area (Å²) in [4.78, 5) is 14.9. The molecule has 0 saturated heterocycles. The van der Waals surface area contributed by atoms with Crippen LogP contribution in [0.3, 0.4) is 0 Å². The Hall–Kier alpha value is -1.24. The van der Waals surface area contributed by atoms with Gasteiger partial charge in [0.05, 0.1) is 16.8 Å². The lowest BCUT2D eigenvalue weighted by Crippen LogP contribution is -2.06. The molecule has 1 N–H and O–H groups in total. The van der Waals surface area contributed by atoms with Crippen molar-refractivity contribution in [1.29, 1.82) is 0 Å². The first kappa shape index (κ1) is 15.2. The molecule has 1 aromatic heterocycles. The number of ether oxygens (including phenoxy) is 2. The molecule has 0 aliphatic rings. The molecule has 5 heteroatoms. The van der Waals surface area contributed by atoms with E-state index in [0.717, 1.165) is 33.1 Å². The van der Waals surface area contributed by atoms with Crippen LogP contribution < -0.4 is 4.74 Å². The fraction of sp³-hybridized carbons (Fsp3) is 0.400. The van der Waals surface area contributed by atoms with Crippen molar-refractivity contribution < 1.29 is 14.3 Å². The summed E-state index contributed by atoms with van der Waals surface area (Å²) in [6.07, 6.45) is 2.15. The highest BCUT2D eigenvalue weighted by Gasteiger charge is 2.17. The first-order chi connectivity index (χ1) is 9.67. The van der Waals surface area contributed by atoms with Gasteiger partial charge in [-0.15, -0.1) is 0 Å². The smallest absolute Gasteiger partial charge is 0.355 e. The molecule has 0 fully saturated rings. The second-order valence-corrected chi connectivity index (χ2v) is 5.52. The minimum atomic E-state index is -0.318. The largest absolute Gasteiger partial charge is 0.494 e. The monoisotopic (exact) mass is 387 g/mol. The third-order valence-corrected chi connectivity index (χ3v) is 4.07. The Morgan fingerprint density at radius 1 is 1.35 bits per heavy atom. The number of hydrogen-bond acceptors (Lipinski definition) is 3. The molecule has 0 bridgehead atoms. The molecule has 0 radical (unpaired) electrons. The number of fused-ring (bicyclic) bond motifs is 1. The van der Waals surface area contributed by atoms with Gasteiger partial charge in [-0.3, -0.25) is 0 Å². The number of H-pyrrole nitrogens is 1. The van der Waals surface area contributed by atoms with Gasteiger partial charge in [-0.1, -0.05) is 13.3 Å². The topological polar surface area (TPSA) is 51.3 Å². The van der Waals surface area contributed by atoms with Gasteiger partial charge >= 0.3 is 5.97 Å². The van der Waals surface area contributed by atoms with Crippen LogP contribution in [0.1, 0.15) is 37.2 Å². The number of halogens is 1. The Morgan fingerprint density at radius 3 is 2.85 bits per heavy atom. The molecule has 20 heavy (non-hydrogen) atoms. The molecule has 0 amide bonds. The first-order valence-corrected chi connectivity index (χ1v) is 7.86. The summed E-state index contributed by atoms with van der Waals surface area (Å²) >= 11 is 2.16. The molecule has 0 aliphatic heterocycles. The Labute approximate surface area is 132 Å². The van der Waals surface area contributed by atoms with Gasteiger partial charge in [-0.2, -0.15) is 0 Å². The molecule has 0 saturated carbocycles. The van der Waals surface area contributed by atoms with E-state index in [4.69, 9.17) is 9.47 Å². The van der Waals surface area contributed by atoms with Crippen LogP contribution in [0.5, 0.6) is 5.75 Å². The van der Waals surface area contributed by atoms with Gasteiger partial charge in [0.15, 0.2) is 0 Å². The van der Waals surface area contributed by atoms with Gasteiger partial charge in [0, 0.05) is 10.9 Å². The minimum Gasteiger partial charge on any atom is -0.494 e. The molecular formula is C15H18INO3. The Kier molecular flexibility index (Phi) is 5.28. The van der Waals surface area contributed by atoms with Crippen molar-refractivity contribution in [2.75, 3.05) is 13.2 Å². The summed E-state index contributed by atoms with van der Waals surface area (Å²) < 4.78 is 11.6. The highest BCUT2D eigenvalue weighted by atomic mass is 127. The van der Waals surface area contributed by atoms with E-state index in [1.54, 1.807) is 6.92 Å². The van der Waals surface area contributed by atoms with Crippen LogP contribution in [0.4, 0.5) is 0 Å². The molecule has 0 aliphatic carbocycles. The summed E-state index contributed by atoms with van der Waals surface area (Å²) in [5.41, 5.74) is 1.42. The SMILES string of the molecule is CCCCOc1ccc2[nH]c(C(=O)OCC)c(I)c2c1. The van der Waals surface area contributed by atoms with Crippen LogP contribution in [0.25, 0.3) is 10.9 Å². The number of aromatic amines is 1. The molecular weight excluding hydrogens is 369 g/mol. The van der Waals surface area contributed by atoms with Crippen molar-refractivity contribution in [3.05, 3.63) is 27.5 Å². The molecule has 4 nitrogen and oxygen atoms in total. The predicted molar refractivity (Wildman–Crippen MR) is 87.4 cm³/mol. The average molecular weight is 387 g/mol. The number of carbonyl (C=O) groups excluding carboxylic acids is 1. The van der Waals surface area contributed by atoms with Gasteiger partial charge in [0.2, 0.25) is 0 Å². The fourth-order valence-electron chi connectivity index (χ4n) is 1.91. The van der Waals surface area contributed by atoms with Crippen molar-refractivity contribution in [3.8, 4) is 5.75 Å². The Morgan fingerprint density at radius 2 is 2.15 bits per heavy atom. The van der Waals surface area contributed by atoms with E-state index < -0.39 is 0 Å². The normalized spacial score (nSPS) is 10.8. The van der Waals surface area contributed by atoms with Gasteiger partial charge in [-0.25, -0.2) is 4.79 Å². The summed E-state index contributed by atoms with van der Waals surface area (Å²) in [7, 11) is 0. The number of carbonyl (C=O) groups is 1. The lowest BCUT2D eigenvalue weighted by Gasteiger charge is -2.05. The molecule has 0 atom stereocenters. The van der Waals surface area contributed by atoms with Crippen LogP contribution in [0, 0.1) is 3.57 Å². The lowest BCUT2D eigenvalue weighted by atomic mass is 10.2. The number of aromatic nitrogens is 1. The summed E-state index contributed by atoms with van der Waals surface area (Å²) in [5.74, 6) is 0.514. The van der Waals surface area contributed by atoms with Gasteiger partial charge < -0.3 is 14.5 Å². The Bertz CT molecular complexity index is 606. The summed E-state index contributed by atoms with van der Waals surface area (Å²) in [6, 6.07) is 5.81. The predicted octanol–water partition coefficient (Wildman–Crippen LogP) is 4.13. The zero-order valence-corrected chi connectivity index (χ0v) is 13.8. The minimum absolute atomic E-state index is 0.318. The second-order valence-electron chi connectivity index (χ2n) is 4.44. The number of hydrogen-bond donors (Lipinski definition) is 1. The highest BCUT2D eigenvalue weighted by Crippen LogP contribution is 2.28. The third-order valence-electron chi connectivity index (χ3n) is 2.95. The van der Waals surface area contributed by atoms with Crippen LogP contribution in [0.2, 0.25) is 0 Å². The molecule has 0 unspecified atom stereocenters. The quantitative estimate of drug-likeness (QED) is 0.461. The zero-order chi connectivity index (χ0) is 14.5. The van der Waals surface area contributed by atoms with Crippen LogP contribution in [0.15, 0.2) is 18.2 Å². The van der Waals surface area contributed by atoms with Crippen molar-refractivity contribution in [3.63, 3.8) is 0 Å². The average Bonchev–Trinajstić information content (AvgIpc) is 2.77. The van der Waals surface area contributed by atoms with Crippen LogP contribution >= 0.6 is 22.6 Å². The fourth-order valence-corrected chi connectivity index (χ4v) is 2.71. The van der Waals surface area contributed by atoms with E-state index in [1.165, 1.54) is 0 Å². The zero-order valence-electron chi connectivity index (χ0n) is 11.7. The number of rotatable bonds is 6. The molecule has 108 valence electrons. The molecule has 1 aromatic carbocycles. The van der Waals surface area contributed by atoms with Crippen molar-refractivity contribution in [2.24, 2.45) is 0 Å². The third kappa shape index (κ3) is 3.26. The van der Waals surface area contributed by atoms with Gasteiger partial charge in [-0.05, 0) is 54.1 Å². The van der Waals surface area contributed by atoms with Crippen LogP contribution in [-0.2, 0) is 4.74 Å². The molecule has 2 rings (SSSR count). The maximum absolute atomic E-state index is 11.8. The van der Waals surface area contributed by atoms with Gasteiger partial charge in [0.25, 0.3) is 0 Å². The summed E-state index contributed by atoms with van der Waals surface area (Å²) in [5, 5.41) is 0.989. The maximum atomic E-state index is 11.8. The van der Waals surface area contributed by atoms with E-state index in [9.17, 15) is 4.79 Å². The first-order valence-electron chi connectivity index (χ1n) is 6.78. The number of nitrogens with one attached hydrogen (secondary N) is 1. The van der Waals surface area contributed by atoms with E-state index >= 15 is 0 Å². The maximum Gasteiger partial charge on any atom is 0.355 e. The second kappa shape index (κ2) is 6.97. The molecule has 2 aromatic rings. The number of benzene rings is 1. The highest BCUT2D eigenvalue weighted by molar-refractivity contribution is 14.1. The van der Waals surface area contributed by atoms with Crippen molar-refractivity contribution in [2.45, 2.75) is 26.7 Å². The van der Waals surface area contributed by atoms with Crippen LogP contribution in [-0.4, -0.2) is 24.2 Å². The molecule has 0 spiro atoms. The van der Waals surface area contributed by atoms with Crippen molar-refractivity contribution in [1.82, 2.24) is 4.98 Å². The summed E-state index contributed by atoms with van der Waals surface area (Å²) in [6.45, 7) is 5.02. The van der Waals surface area contributed by atoms with Crippen molar-refractivity contribution >= 4 is 39.5 Å². The van der Waals surface area contributed by atoms with E-state index in [1.807, 2.05) is 18.2 Å². The standard InChI is InChI=1S/C15H18INO3/c1-3-5-8-20-10-6-7-12-11(9-10)13(16)14(17-12)15(18)19-4-2/h6-7,9,17H,3-5,8H2,1-2H3. The molecule has 1 heterocycles.